The Bertz CT molecular complexity index is 968. The van der Waals surface area contributed by atoms with Crippen molar-refractivity contribution in [2.24, 2.45) is 0 Å². The molecular weight excluding hydrogens is 378 g/mol. The molecule has 8 heteroatoms. The summed E-state index contributed by atoms with van der Waals surface area (Å²) in [4.78, 5) is 24.4. The van der Waals surface area contributed by atoms with Gasteiger partial charge in [-0.1, -0.05) is 0 Å². The average molecular weight is 410 g/mol. The van der Waals surface area contributed by atoms with Crippen LogP contribution in [0.2, 0.25) is 0 Å². The Balaban J connectivity index is 1.35. The number of hydrogen-bond donors (Lipinski definition) is 0. The van der Waals surface area contributed by atoms with Gasteiger partial charge in [0.25, 0.3) is 0 Å². The molecule has 1 unspecified atom stereocenters. The van der Waals surface area contributed by atoms with Crippen molar-refractivity contribution in [1.29, 1.82) is 5.26 Å². The van der Waals surface area contributed by atoms with Gasteiger partial charge < -0.3 is 9.80 Å². The van der Waals surface area contributed by atoms with Crippen LogP contribution in [-0.2, 0) is 11.2 Å². The second kappa shape index (κ2) is 8.70. The van der Waals surface area contributed by atoms with Crippen LogP contribution in [0.25, 0.3) is 5.65 Å². The maximum atomic E-state index is 12.9. The van der Waals surface area contributed by atoms with Crippen molar-refractivity contribution < 1.29 is 4.79 Å². The Morgan fingerprint density at radius 1 is 1.23 bits per heavy atom. The Labute approximate surface area is 178 Å². The number of hydrogen-bond acceptors (Lipinski definition) is 6. The van der Waals surface area contributed by atoms with E-state index >= 15 is 0 Å². The van der Waals surface area contributed by atoms with Crippen LogP contribution in [0.15, 0.2) is 6.20 Å². The minimum Gasteiger partial charge on any atom is -0.340 e. The number of rotatable bonds is 4. The van der Waals surface area contributed by atoms with Crippen LogP contribution in [0, 0.1) is 25.2 Å². The number of piperazine rings is 1. The summed E-state index contributed by atoms with van der Waals surface area (Å²) in [7, 11) is 2.20. The maximum absolute atomic E-state index is 12.9. The fraction of sp³-hybridized carbons (Fsp3) is 0.636. The number of amides is 1. The van der Waals surface area contributed by atoms with Gasteiger partial charge in [0.1, 0.15) is 11.6 Å². The number of piperidine rings is 1. The van der Waals surface area contributed by atoms with Crippen LogP contribution in [-0.4, -0.2) is 87.6 Å². The molecule has 8 nitrogen and oxygen atoms in total. The van der Waals surface area contributed by atoms with Gasteiger partial charge in [-0.2, -0.15) is 10.4 Å². The highest BCUT2D eigenvalue weighted by atomic mass is 16.2. The average Bonchev–Trinajstić information content (AvgIpc) is 3.16. The lowest BCUT2D eigenvalue weighted by molar-refractivity contribution is -0.133. The van der Waals surface area contributed by atoms with Crippen LogP contribution in [0.4, 0.5) is 0 Å². The molecule has 2 fully saturated rings. The number of carbonyl (C=O) groups excluding carboxylic acids is 1. The smallest absolute Gasteiger partial charge is 0.222 e. The van der Waals surface area contributed by atoms with E-state index in [2.05, 4.69) is 33.0 Å². The zero-order valence-corrected chi connectivity index (χ0v) is 18.3. The van der Waals surface area contributed by atoms with E-state index in [-0.39, 0.29) is 5.91 Å². The summed E-state index contributed by atoms with van der Waals surface area (Å²) in [5, 5.41) is 13.5. The van der Waals surface area contributed by atoms with Gasteiger partial charge in [-0.05, 0) is 52.3 Å². The summed E-state index contributed by atoms with van der Waals surface area (Å²) >= 11 is 0. The molecule has 0 radical (unpaired) electrons. The topological polar surface area (TPSA) is 80.8 Å². The number of nitrogens with zero attached hydrogens (tertiary/aromatic N) is 7. The van der Waals surface area contributed by atoms with Gasteiger partial charge in [0.15, 0.2) is 5.65 Å². The molecule has 0 saturated carbocycles. The monoisotopic (exact) mass is 409 g/mol. The van der Waals surface area contributed by atoms with Crippen molar-refractivity contribution in [1.82, 2.24) is 29.3 Å². The van der Waals surface area contributed by atoms with Crippen molar-refractivity contribution >= 4 is 11.6 Å². The van der Waals surface area contributed by atoms with E-state index in [0.717, 1.165) is 49.7 Å². The van der Waals surface area contributed by atoms with Gasteiger partial charge in [-0.25, -0.2) is 9.50 Å². The zero-order valence-electron chi connectivity index (χ0n) is 18.3. The summed E-state index contributed by atoms with van der Waals surface area (Å²) in [5.74, 6) is 0.215. The number of likely N-dealkylation sites (tertiary alicyclic amines) is 1. The molecule has 0 aromatic carbocycles. The Morgan fingerprint density at radius 3 is 2.70 bits per heavy atom. The van der Waals surface area contributed by atoms with Gasteiger partial charge in [0, 0.05) is 56.6 Å². The molecule has 0 aliphatic carbocycles. The summed E-state index contributed by atoms with van der Waals surface area (Å²) < 4.78 is 1.71. The minimum absolute atomic E-state index is 0.215. The van der Waals surface area contributed by atoms with Gasteiger partial charge in [-0.15, -0.1) is 0 Å². The second-order valence-corrected chi connectivity index (χ2v) is 8.64. The van der Waals surface area contributed by atoms with E-state index in [1.54, 1.807) is 10.7 Å². The molecular formula is C22H31N7O. The zero-order chi connectivity index (χ0) is 21.3. The molecule has 2 aromatic rings. The summed E-state index contributed by atoms with van der Waals surface area (Å²) in [6, 6.07) is 2.77. The molecule has 2 aromatic heterocycles. The molecule has 4 heterocycles. The molecule has 30 heavy (non-hydrogen) atoms. The number of nitriles is 1. The first-order valence-electron chi connectivity index (χ1n) is 10.9. The first kappa shape index (κ1) is 20.8. The van der Waals surface area contributed by atoms with Gasteiger partial charge in [-0.3, -0.25) is 9.69 Å². The van der Waals surface area contributed by atoms with Crippen molar-refractivity contribution in [2.75, 3.05) is 46.3 Å². The third kappa shape index (κ3) is 4.05. The number of likely N-dealkylation sites (N-methyl/N-ethyl adjacent to an activating group) is 1. The third-order valence-corrected chi connectivity index (χ3v) is 6.70. The van der Waals surface area contributed by atoms with Crippen molar-refractivity contribution in [3.63, 3.8) is 0 Å². The highest BCUT2D eigenvalue weighted by Gasteiger charge is 2.28. The lowest BCUT2D eigenvalue weighted by Crippen LogP contribution is -2.55. The van der Waals surface area contributed by atoms with Crippen molar-refractivity contribution in [2.45, 2.75) is 45.6 Å². The van der Waals surface area contributed by atoms with E-state index in [0.29, 0.717) is 30.1 Å². The molecule has 2 aliphatic heterocycles. The molecule has 1 amide bonds. The van der Waals surface area contributed by atoms with Crippen LogP contribution < -0.4 is 0 Å². The largest absolute Gasteiger partial charge is 0.340 e. The van der Waals surface area contributed by atoms with Crippen molar-refractivity contribution in [3.05, 3.63) is 28.7 Å². The lowest BCUT2D eigenvalue weighted by Gasteiger charge is -2.42. The highest BCUT2D eigenvalue weighted by Crippen LogP contribution is 2.20. The fourth-order valence-corrected chi connectivity index (χ4v) is 4.92. The van der Waals surface area contributed by atoms with E-state index in [1.807, 2.05) is 18.7 Å². The maximum Gasteiger partial charge on any atom is 0.222 e. The van der Waals surface area contributed by atoms with Crippen LogP contribution in [0.5, 0.6) is 0 Å². The van der Waals surface area contributed by atoms with Gasteiger partial charge in [0.05, 0.1) is 6.20 Å². The van der Waals surface area contributed by atoms with Crippen molar-refractivity contribution in [3.8, 4) is 6.07 Å². The minimum atomic E-state index is 0.215. The quantitative estimate of drug-likeness (QED) is 0.759. The Kier molecular flexibility index (Phi) is 6.02. The Hall–Kier alpha value is -2.50. The fourth-order valence-electron chi connectivity index (χ4n) is 4.92. The van der Waals surface area contributed by atoms with Crippen LogP contribution in [0.3, 0.4) is 0 Å². The van der Waals surface area contributed by atoms with Gasteiger partial charge in [0.2, 0.25) is 5.91 Å². The SMILES string of the molecule is Cc1nc2c(C#N)cnn2c(C)c1CCC(=O)N1CCN(C2CCCN(C)C2)CC1. The molecule has 4 rings (SSSR count). The van der Waals surface area contributed by atoms with E-state index in [1.165, 1.54) is 19.4 Å². The standard InChI is InChI=1S/C22H31N7O/c1-16-20(17(2)29-22(25-16)18(13-23)14-24-29)6-7-21(30)28-11-9-27(10-12-28)19-5-4-8-26(3)15-19/h14,19H,4-12,15H2,1-3H3. The van der Waals surface area contributed by atoms with Crippen LogP contribution >= 0.6 is 0 Å². The molecule has 0 spiro atoms. The number of aromatic nitrogens is 3. The Morgan fingerprint density at radius 2 is 2.00 bits per heavy atom. The van der Waals surface area contributed by atoms with E-state index in [9.17, 15) is 10.1 Å². The highest BCUT2D eigenvalue weighted by molar-refractivity contribution is 5.76. The van der Waals surface area contributed by atoms with Gasteiger partial charge >= 0.3 is 0 Å². The molecule has 160 valence electrons. The third-order valence-electron chi connectivity index (χ3n) is 6.70. The number of carbonyl (C=O) groups is 1. The number of fused-ring (bicyclic) bond motifs is 1. The molecule has 2 aliphatic rings. The van der Waals surface area contributed by atoms with E-state index in [4.69, 9.17) is 0 Å². The normalized spacial score (nSPS) is 21.1. The lowest BCUT2D eigenvalue weighted by atomic mass is 10.0. The first-order chi connectivity index (χ1) is 14.5. The van der Waals surface area contributed by atoms with Crippen LogP contribution in [0.1, 0.15) is 41.8 Å². The summed E-state index contributed by atoms with van der Waals surface area (Å²) in [6.45, 7) is 9.85. The molecule has 0 N–H and O–H groups in total. The second-order valence-electron chi connectivity index (χ2n) is 8.64. The summed E-state index contributed by atoms with van der Waals surface area (Å²) in [6.07, 6.45) is 5.21. The summed E-state index contributed by atoms with van der Waals surface area (Å²) in [5.41, 5.74) is 3.94. The molecule has 0 bridgehead atoms. The first-order valence-corrected chi connectivity index (χ1v) is 10.9. The predicted octanol–water partition coefficient (Wildman–Crippen LogP) is 1.39. The number of aryl methyl sites for hydroxylation is 2. The predicted molar refractivity (Wildman–Crippen MR) is 114 cm³/mol. The molecule has 2 saturated heterocycles. The molecule has 1 atom stereocenters. The van der Waals surface area contributed by atoms with E-state index < -0.39 is 0 Å².